The van der Waals surface area contributed by atoms with Crippen molar-refractivity contribution < 1.29 is 4.74 Å². The Morgan fingerprint density at radius 1 is 1.15 bits per heavy atom. The van der Waals surface area contributed by atoms with Crippen LogP contribution in [0.1, 0.15) is 0 Å². The topological polar surface area (TPSA) is 47.0 Å². The Kier molecular flexibility index (Phi) is 3.75. The molecule has 3 aromatic rings. The molecule has 0 unspecified atom stereocenters. The second kappa shape index (κ2) is 5.68. The van der Waals surface area contributed by atoms with Gasteiger partial charge in [-0.25, -0.2) is 9.97 Å². The summed E-state index contributed by atoms with van der Waals surface area (Å²) in [6.07, 6.45) is 0. The van der Waals surface area contributed by atoms with Gasteiger partial charge in [0.25, 0.3) is 0 Å². The third-order valence-electron chi connectivity index (χ3n) is 2.79. The highest BCUT2D eigenvalue weighted by molar-refractivity contribution is 7.99. The average Bonchev–Trinajstić information content (AvgIpc) is 2.96. The van der Waals surface area contributed by atoms with Crippen LogP contribution in [0.25, 0.3) is 10.2 Å². The molecular formula is C14H13N3OS2. The van der Waals surface area contributed by atoms with Crippen molar-refractivity contribution in [1.29, 1.82) is 0 Å². The average molecular weight is 303 g/mol. The van der Waals surface area contributed by atoms with Gasteiger partial charge in [0.1, 0.15) is 15.6 Å². The number of nitrogens with zero attached hydrogens (tertiary/aromatic N) is 2. The largest absolute Gasteiger partial charge is 0.497 e. The minimum atomic E-state index is 0.649. The van der Waals surface area contributed by atoms with E-state index in [2.05, 4.69) is 21.4 Å². The van der Waals surface area contributed by atoms with E-state index in [1.54, 1.807) is 30.2 Å². The molecule has 6 heteroatoms. The number of aromatic nitrogens is 2. The van der Waals surface area contributed by atoms with E-state index in [1.807, 2.05) is 36.7 Å². The highest BCUT2D eigenvalue weighted by atomic mass is 32.2. The van der Waals surface area contributed by atoms with Crippen molar-refractivity contribution in [3.05, 3.63) is 35.7 Å². The molecule has 0 radical (unpaired) electrons. The van der Waals surface area contributed by atoms with Gasteiger partial charge < -0.3 is 10.1 Å². The van der Waals surface area contributed by atoms with Crippen molar-refractivity contribution in [2.75, 3.05) is 19.5 Å². The van der Waals surface area contributed by atoms with Crippen LogP contribution in [0.4, 0.5) is 5.95 Å². The van der Waals surface area contributed by atoms with Crippen LogP contribution >= 0.6 is 23.1 Å². The van der Waals surface area contributed by atoms with Crippen LogP contribution in [0.5, 0.6) is 5.75 Å². The first kappa shape index (κ1) is 13.2. The zero-order chi connectivity index (χ0) is 13.9. The van der Waals surface area contributed by atoms with Crippen molar-refractivity contribution in [2.24, 2.45) is 0 Å². The van der Waals surface area contributed by atoms with Crippen LogP contribution in [-0.2, 0) is 0 Å². The Morgan fingerprint density at radius 3 is 2.65 bits per heavy atom. The zero-order valence-electron chi connectivity index (χ0n) is 11.1. The lowest BCUT2D eigenvalue weighted by atomic mass is 10.3. The van der Waals surface area contributed by atoms with Gasteiger partial charge in [-0.05, 0) is 35.7 Å². The fraction of sp³-hybridized carbons (Fsp3) is 0.143. The van der Waals surface area contributed by atoms with Crippen LogP contribution in [0, 0.1) is 0 Å². The van der Waals surface area contributed by atoms with Crippen LogP contribution in [-0.4, -0.2) is 24.1 Å². The highest BCUT2D eigenvalue weighted by Crippen LogP contribution is 2.34. The maximum Gasteiger partial charge on any atom is 0.224 e. The normalized spacial score (nSPS) is 10.7. The molecule has 0 amide bonds. The minimum Gasteiger partial charge on any atom is -0.497 e. The molecule has 3 rings (SSSR count). The van der Waals surface area contributed by atoms with Gasteiger partial charge in [-0.3, -0.25) is 0 Å². The number of thiophene rings is 1. The van der Waals surface area contributed by atoms with Gasteiger partial charge in [-0.1, -0.05) is 11.8 Å². The van der Waals surface area contributed by atoms with E-state index in [1.165, 1.54) is 0 Å². The van der Waals surface area contributed by atoms with Gasteiger partial charge in [0.05, 0.1) is 7.11 Å². The van der Waals surface area contributed by atoms with Gasteiger partial charge in [0, 0.05) is 17.3 Å². The predicted molar refractivity (Wildman–Crippen MR) is 84.1 cm³/mol. The molecule has 20 heavy (non-hydrogen) atoms. The zero-order valence-corrected chi connectivity index (χ0v) is 12.7. The molecule has 0 saturated heterocycles. The van der Waals surface area contributed by atoms with Crippen molar-refractivity contribution in [2.45, 2.75) is 9.92 Å². The molecule has 0 aliphatic heterocycles. The van der Waals surface area contributed by atoms with E-state index in [-0.39, 0.29) is 0 Å². The van der Waals surface area contributed by atoms with Crippen molar-refractivity contribution in [3.63, 3.8) is 0 Å². The SMILES string of the molecule is CNc1nc(Sc2ccc(OC)cc2)c2ccsc2n1. The summed E-state index contributed by atoms with van der Waals surface area (Å²) in [6.45, 7) is 0. The number of methoxy groups -OCH3 is 1. The number of fused-ring (bicyclic) bond motifs is 1. The third-order valence-corrected chi connectivity index (χ3v) is 4.61. The number of benzene rings is 1. The van der Waals surface area contributed by atoms with Crippen LogP contribution in [0.2, 0.25) is 0 Å². The van der Waals surface area contributed by atoms with Crippen LogP contribution in [0.15, 0.2) is 45.6 Å². The van der Waals surface area contributed by atoms with E-state index in [4.69, 9.17) is 4.74 Å². The standard InChI is InChI=1S/C14H13N3OS2/c1-15-14-16-12-11(7-8-19-12)13(17-14)20-10-5-3-9(18-2)4-6-10/h3-8H,1-2H3,(H,15,16,17). The van der Waals surface area contributed by atoms with E-state index in [9.17, 15) is 0 Å². The van der Waals surface area contributed by atoms with Crippen LogP contribution in [0.3, 0.4) is 0 Å². The van der Waals surface area contributed by atoms with Gasteiger partial charge in [-0.2, -0.15) is 0 Å². The second-order valence-electron chi connectivity index (χ2n) is 4.02. The molecular weight excluding hydrogens is 290 g/mol. The third kappa shape index (κ3) is 2.57. The Balaban J connectivity index is 1.98. The van der Waals surface area contributed by atoms with E-state index in [0.29, 0.717) is 5.95 Å². The molecule has 0 spiro atoms. The molecule has 2 heterocycles. The van der Waals surface area contributed by atoms with Crippen molar-refractivity contribution in [1.82, 2.24) is 9.97 Å². The summed E-state index contributed by atoms with van der Waals surface area (Å²) < 4.78 is 5.17. The highest BCUT2D eigenvalue weighted by Gasteiger charge is 2.09. The lowest BCUT2D eigenvalue weighted by Gasteiger charge is -2.06. The molecule has 0 aliphatic carbocycles. The minimum absolute atomic E-state index is 0.649. The van der Waals surface area contributed by atoms with Gasteiger partial charge >= 0.3 is 0 Å². The fourth-order valence-electron chi connectivity index (χ4n) is 1.77. The molecule has 102 valence electrons. The molecule has 0 atom stereocenters. The fourth-order valence-corrected chi connectivity index (χ4v) is 3.50. The number of hydrogen-bond donors (Lipinski definition) is 1. The Hall–Kier alpha value is -1.79. The Labute approximate surface area is 125 Å². The lowest BCUT2D eigenvalue weighted by molar-refractivity contribution is 0.414. The van der Waals surface area contributed by atoms with Gasteiger partial charge in [0.2, 0.25) is 5.95 Å². The Bertz CT molecular complexity index is 725. The molecule has 0 fully saturated rings. The van der Waals surface area contributed by atoms with Crippen molar-refractivity contribution >= 4 is 39.3 Å². The van der Waals surface area contributed by atoms with Crippen molar-refractivity contribution in [3.8, 4) is 5.75 Å². The smallest absolute Gasteiger partial charge is 0.224 e. The van der Waals surface area contributed by atoms with E-state index >= 15 is 0 Å². The van der Waals surface area contributed by atoms with Crippen LogP contribution < -0.4 is 10.1 Å². The molecule has 1 aromatic carbocycles. The summed E-state index contributed by atoms with van der Waals surface area (Å²) in [5.41, 5.74) is 0. The number of rotatable bonds is 4. The number of nitrogens with one attached hydrogen (secondary N) is 1. The van der Waals surface area contributed by atoms with Gasteiger partial charge in [0.15, 0.2) is 0 Å². The quantitative estimate of drug-likeness (QED) is 0.741. The summed E-state index contributed by atoms with van der Waals surface area (Å²) in [7, 11) is 3.50. The predicted octanol–water partition coefficient (Wildman–Crippen LogP) is 3.89. The van der Waals surface area contributed by atoms with E-state index < -0.39 is 0 Å². The molecule has 4 nitrogen and oxygen atoms in total. The molecule has 0 bridgehead atoms. The second-order valence-corrected chi connectivity index (χ2v) is 5.98. The summed E-state index contributed by atoms with van der Waals surface area (Å²) in [5, 5.41) is 7.10. The number of hydrogen-bond acceptors (Lipinski definition) is 6. The summed E-state index contributed by atoms with van der Waals surface area (Å²) in [5.74, 6) is 1.50. The summed E-state index contributed by atoms with van der Waals surface area (Å²) in [6, 6.07) is 10.0. The molecule has 1 N–H and O–H groups in total. The maximum atomic E-state index is 5.17. The number of anilines is 1. The molecule has 0 saturated carbocycles. The lowest BCUT2D eigenvalue weighted by Crippen LogP contribution is -1.96. The summed E-state index contributed by atoms with van der Waals surface area (Å²) >= 11 is 3.25. The molecule has 0 aliphatic rings. The Morgan fingerprint density at radius 2 is 1.95 bits per heavy atom. The van der Waals surface area contributed by atoms with Gasteiger partial charge in [-0.15, -0.1) is 11.3 Å². The number of ether oxygens (including phenoxy) is 1. The van der Waals surface area contributed by atoms with E-state index in [0.717, 1.165) is 25.9 Å². The first-order valence-corrected chi connectivity index (χ1v) is 7.74. The summed E-state index contributed by atoms with van der Waals surface area (Å²) in [4.78, 5) is 11.1. The monoisotopic (exact) mass is 303 g/mol. The molecule has 2 aromatic heterocycles. The first-order chi connectivity index (χ1) is 9.80. The maximum absolute atomic E-state index is 5.17. The first-order valence-electron chi connectivity index (χ1n) is 6.05.